The summed E-state index contributed by atoms with van der Waals surface area (Å²) in [7, 11) is 0. The average Bonchev–Trinajstić information content (AvgIpc) is 2.32. The highest BCUT2D eigenvalue weighted by molar-refractivity contribution is 5.26. The maximum Gasteiger partial charge on any atom is -0.0273 e. The second kappa shape index (κ2) is 5.67. The van der Waals surface area contributed by atoms with Crippen LogP contribution in [-0.4, -0.2) is 0 Å². The van der Waals surface area contributed by atoms with Crippen LogP contribution in [0, 0.1) is 13.8 Å². The number of aryl methyl sites for hydroxylation is 4. The predicted octanol–water partition coefficient (Wildman–Crippen LogP) is 4.48. The predicted molar refractivity (Wildman–Crippen MR) is 74.4 cm³/mol. The minimum atomic E-state index is 1.18. The van der Waals surface area contributed by atoms with Gasteiger partial charge in [0, 0.05) is 0 Å². The van der Waals surface area contributed by atoms with Gasteiger partial charge >= 0.3 is 0 Å². The summed E-state index contributed by atoms with van der Waals surface area (Å²) in [4.78, 5) is 0. The zero-order valence-corrected chi connectivity index (χ0v) is 10.7. The van der Waals surface area contributed by atoms with E-state index in [2.05, 4.69) is 62.4 Å². The zero-order valence-electron chi connectivity index (χ0n) is 10.7. The van der Waals surface area contributed by atoms with Gasteiger partial charge in [-0.1, -0.05) is 54.1 Å². The molecule has 0 heterocycles. The second-order valence-electron chi connectivity index (χ2n) is 4.77. The molecule has 0 aromatic heterocycles. The van der Waals surface area contributed by atoms with Gasteiger partial charge in [-0.3, -0.25) is 0 Å². The molecule has 17 heavy (non-hydrogen) atoms. The monoisotopic (exact) mass is 224 g/mol. The molecule has 0 unspecified atom stereocenters. The fourth-order valence-corrected chi connectivity index (χ4v) is 2.24. The number of hydrogen-bond donors (Lipinski definition) is 0. The van der Waals surface area contributed by atoms with Gasteiger partial charge in [-0.25, -0.2) is 0 Å². The first kappa shape index (κ1) is 11.9. The van der Waals surface area contributed by atoms with Crippen LogP contribution in [0.4, 0.5) is 0 Å². The number of benzene rings is 2. The molecule has 0 heteroatoms. The van der Waals surface area contributed by atoms with Crippen LogP contribution in [0.2, 0.25) is 0 Å². The van der Waals surface area contributed by atoms with Crippen LogP contribution in [0.25, 0.3) is 0 Å². The van der Waals surface area contributed by atoms with Crippen molar-refractivity contribution >= 4 is 0 Å². The maximum atomic E-state index is 2.29. The highest BCUT2D eigenvalue weighted by Gasteiger charge is 1.98. The van der Waals surface area contributed by atoms with Crippen molar-refractivity contribution in [1.29, 1.82) is 0 Å². The highest BCUT2D eigenvalue weighted by atomic mass is 14.0. The topological polar surface area (TPSA) is 0 Å². The normalized spacial score (nSPS) is 10.5. The molecule has 0 amide bonds. The highest BCUT2D eigenvalue weighted by Crippen LogP contribution is 2.12. The SMILES string of the molecule is Cc1cccc(CCCc2ccccc2C)c1. The molecule has 0 saturated heterocycles. The van der Waals surface area contributed by atoms with E-state index in [0.717, 1.165) is 0 Å². The molecule has 2 aromatic carbocycles. The number of hydrogen-bond acceptors (Lipinski definition) is 0. The third-order valence-electron chi connectivity index (χ3n) is 3.26. The molecule has 0 aliphatic carbocycles. The summed E-state index contributed by atoms with van der Waals surface area (Å²) in [6.45, 7) is 4.35. The maximum absolute atomic E-state index is 2.29. The Kier molecular flexibility index (Phi) is 3.98. The average molecular weight is 224 g/mol. The molecule has 0 bridgehead atoms. The smallest absolute Gasteiger partial charge is 0.0273 e. The Morgan fingerprint density at radius 3 is 2.41 bits per heavy atom. The first-order valence-electron chi connectivity index (χ1n) is 6.36. The van der Waals surface area contributed by atoms with Crippen LogP contribution in [0.5, 0.6) is 0 Å². The van der Waals surface area contributed by atoms with E-state index in [0.29, 0.717) is 0 Å². The third-order valence-corrected chi connectivity index (χ3v) is 3.26. The first-order valence-corrected chi connectivity index (χ1v) is 6.36. The van der Waals surface area contributed by atoms with Crippen LogP contribution in [0.15, 0.2) is 48.5 Å². The summed E-state index contributed by atoms with van der Waals surface area (Å²) >= 11 is 0. The molecule has 0 aliphatic heterocycles. The lowest BCUT2D eigenvalue weighted by Crippen LogP contribution is -1.92. The Balaban J connectivity index is 1.90. The Hall–Kier alpha value is -1.56. The van der Waals surface area contributed by atoms with Gasteiger partial charge in [-0.2, -0.15) is 0 Å². The quantitative estimate of drug-likeness (QED) is 0.718. The van der Waals surface area contributed by atoms with E-state index >= 15 is 0 Å². The fourth-order valence-electron chi connectivity index (χ4n) is 2.24. The zero-order chi connectivity index (χ0) is 12.1. The molecule has 0 spiro atoms. The van der Waals surface area contributed by atoms with E-state index in [4.69, 9.17) is 0 Å². The van der Waals surface area contributed by atoms with Crippen molar-refractivity contribution in [2.75, 3.05) is 0 Å². The van der Waals surface area contributed by atoms with E-state index < -0.39 is 0 Å². The van der Waals surface area contributed by atoms with E-state index in [1.54, 1.807) is 0 Å². The van der Waals surface area contributed by atoms with Crippen molar-refractivity contribution in [2.45, 2.75) is 33.1 Å². The van der Waals surface area contributed by atoms with E-state index in [-0.39, 0.29) is 0 Å². The van der Waals surface area contributed by atoms with Gasteiger partial charge in [0.15, 0.2) is 0 Å². The van der Waals surface area contributed by atoms with Gasteiger partial charge < -0.3 is 0 Å². The minimum Gasteiger partial charge on any atom is -0.0620 e. The number of rotatable bonds is 4. The summed E-state index contributed by atoms with van der Waals surface area (Å²) in [6.07, 6.45) is 3.59. The van der Waals surface area contributed by atoms with Crippen molar-refractivity contribution in [1.82, 2.24) is 0 Å². The van der Waals surface area contributed by atoms with Crippen LogP contribution in [0.3, 0.4) is 0 Å². The Bertz CT molecular complexity index is 483. The second-order valence-corrected chi connectivity index (χ2v) is 4.77. The Morgan fingerprint density at radius 1 is 0.824 bits per heavy atom. The molecule has 2 rings (SSSR count). The minimum absolute atomic E-state index is 1.18. The molecule has 0 nitrogen and oxygen atoms in total. The lowest BCUT2D eigenvalue weighted by Gasteiger charge is -2.06. The van der Waals surface area contributed by atoms with Gasteiger partial charge in [0.05, 0.1) is 0 Å². The first-order chi connectivity index (χ1) is 8.25. The largest absolute Gasteiger partial charge is 0.0620 e. The van der Waals surface area contributed by atoms with Crippen molar-refractivity contribution in [3.8, 4) is 0 Å². The summed E-state index contributed by atoms with van der Waals surface area (Å²) < 4.78 is 0. The summed E-state index contributed by atoms with van der Waals surface area (Å²) in [6, 6.07) is 17.5. The lowest BCUT2D eigenvalue weighted by molar-refractivity contribution is 0.815. The van der Waals surface area contributed by atoms with Crippen molar-refractivity contribution < 1.29 is 0 Å². The van der Waals surface area contributed by atoms with E-state index in [9.17, 15) is 0 Å². The van der Waals surface area contributed by atoms with E-state index in [1.165, 1.54) is 41.5 Å². The van der Waals surface area contributed by atoms with Crippen LogP contribution >= 0.6 is 0 Å². The molecule has 0 radical (unpaired) electrons. The summed E-state index contributed by atoms with van der Waals surface area (Å²) in [5, 5.41) is 0. The standard InChI is InChI=1S/C17H20/c1-14-7-5-9-16(13-14)10-6-12-17-11-4-3-8-15(17)2/h3-5,7-9,11,13H,6,10,12H2,1-2H3. The molecular weight excluding hydrogens is 204 g/mol. The van der Waals surface area contributed by atoms with Gasteiger partial charge in [-0.05, 0) is 49.8 Å². The molecule has 0 fully saturated rings. The van der Waals surface area contributed by atoms with Crippen molar-refractivity contribution in [3.63, 3.8) is 0 Å². The third kappa shape index (κ3) is 3.45. The van der Waals surface area contributed by atoms with Crippen LogP contribution in [-0.2, 0) is 12.8 Å². The molecule has 0 N–H and O–H groups in total. The van der Waals surface area contributed by atoms with Gasteiger partial charge in [0.2, 0.25) is 0 Å². The molecule has 0 aliphatic rings. The lowest BCUT2D eigenvalue weighted by atomic mass is 10.00. The van der Waals surface area contributed by atoms with Gasteiger partial charge in [0.25, 0.3) is 0 Å². The Labute approximate surface area is 104 Å². The fraction of sp³-hybridized carbons (Fsp3) is 0.294. The molecule has 2 aromatic rings. The van der Waals surface area contributed by atoms with Gasteiger partial charge in [-0.15, -0.1) is 0 Å². The van der Waals surface area contributed by atoms with Crippen LogP contribution < -0.4 is 0 Å². The van der Waals surface area contributed by atoms with Gasteiger partial charge in [0.1, 0.15) is 0 Å². The van der Waals surface area contributed by atoms with E-state index in [1.807, 2.05) is 0 Å². The van der Waals surface area contributed by atoms with Crippen molar-refractivity contribution in [3.05, 3.63) is 70.8 Å². The Morgan fingerprint density at radius 2 is 1.65 bits per heavy atom. The van der Waals surface area contributed by atoms with Crippen molar-refractivity contribution in [2.24, 2.45) is 0 Å². The molecule has 88 valence electrons. The summed E-state index contributed by atoms with van der Waals surface area (Å²) in [5.74, 6) is 0. The van der Waals surface area contributed by atoms with Crippen LogP contribution in [0.1, 0.15) is 28.7 Å². The molecule has 0 saturated carbocycles. The molecule has 0 atom stereocenters. The molecular formula is C17H20. The summed E-state index contributed by atoms with van der Waals surface area (Å²) in [5.41, 5.74) is 5.72.